The Morgan fingerprint density at radius 2 is 2.19 bits per heavy atom. The van der Waals surface area contributed by atoms with Crippen LogP contribution in [0.4, 0.5) is 4.79 Å². The molecule has 8 heteroatoms. The van der Waals surface area contributed by atoms with Gasteiger partial charge < -0.3 is 9.84 Å². The Hall–Kier alpha value is -1.80. The lowest BCUT2D eigenvalue weighted by molar-refractivity contribution is -0.140. The van der Waals surface area contributed by atoms with E-state index in [1.54, 1.807) is 18.2 Å². The second-order valence-corrected chi connectivity index (χ2v) is 5.96. The third-order valence-corrected chi connectivity index (χ3v) is 4.05. The number of carbonyl (C=O) groups is 3. The Labute approximate surface area is 132 Å². The second kappa shape index (κ2) is 6.31. The van der Waals surface area contributed by atoms with Gasteiger partial charge in [-0.25, -0.2) is 0 Å². The first-order chi connectivity index (χ1) is 9.92. The van der Waals surface area contributed by atoms with E-state index < -0.39 is 23.7 Å². The Morgan fingerprint density at radius 1 is 1.48 bits per heavy atom. The van der Waals surface area contributed by atoms with Gasteiger partial charge in [0, 0.05) is 10.0 Å². The van der Waals surface area contributed by atoms with Crippen LogP contribution in [0.15, 0.2) is 27.6 Å². The van der Waals surface area contributed by atoms with Crippen molar-refractivity contribution in [2.45, 2.75) is 0 Å². The van der Waals surface area contributed by atoms with Crippen LogP contribution >= 0.6 is 27.7 Å². The highest BCUT2D eigenvalue weighted by Crippen LogP contribution is 2.34. The highest BCUT2D eigenvalue weighted by atomic mass is 79.9. The number of methoxy groups -OCH3 is 1. The van der Waals surface area contributed by atoms with Crippen molar-refractivity contribution < 1.29 is 24.2 Å². The van der Waals surface area contributed by atoms with Crippen molar-refractivity contribution in [3.05, 3.63) is 33.1 Å². The minimum Gasteiger partial charge on any atom is -0.496 e. The fraction of sp³-hybridized carbons (Fsp3) is 0.154. The van der Waals surface area contributed by atoms with E-state index in [0.717, 1.165) is 4.47 Å². The molecule has 1 aromatic rings. The number of hydrogen-bond acceptors (Lipinski definition) is 5. The van der Waals surface area contributed by atoms with Gasteiger partial charge in [0.15, 0.2) is 0 Å². The molecule has 1 heterocycles. The van der Waals surface area contributed by atoms with E-state index in [4.69, 9.17) is 9.84 Å². The molecule has 1 aromatic carbocycles. The van der Waals surface area contributed by atoms with Crippen LogP contribution in [0.3, 0.4) is 0 Å². The zero-order chi connectivity index (χ0) is 15.6. The lowest BCUT2D eigenvalue weighted by atomic mass is 10.2. The fourth-order valence-corrected chi connectivity index (χ4v) is 2.94. The molecule has 0 spiro atoms. The van der Waals surface area contributed by atoms with Crippen molar-refractivity contribution in [3.8, 4) is 5.75 Å². The molecular weight excluding hydrogens is 362 g/mol. The maximum atomic E-state index is 12.0. The zero-order valence-electron chi connectivity index (χ0n) is 10.8. The summed E-state index contributed by atoms with van der Waals surface area (Å²) in [6.45, 7) is -0.641. The summed E-state index contributed by atoms with van der Waals surface area (Å²) in [5.74, 6) is -1.31. The maximum Gasteiger partial charge on any atom is 0.323 e. The summed E-state index contributed by atoms with van der Waals surface area (Å²) in [5, 5.41) is 8.11. The van der Waals surface area contributed by atoms with Gasteiger partial charge in [0.1, 0.15) is 12.3 Å². The van der Waals surface area contributed by atoms with Gasteiger partial charge in [0.25, 0.3) is 11.1 Å². The largest absolute Gasteiger partial charge is 0.496 e. The molecule has 6 nitrogen and oxygen atoms in total. The molecule has 1 aliphatic heterocycles. The van der Waals surface area contributed by atoms with Gasteiger partial charge in [-0.2, -0.15) is 0 Å². The van der Waals surface area contributed by atoms with Crippen molar-refractivity contribution in [1.82, 2.24) is 4.90 Å². The van der Waals surface area contributed by atoms with E-state index in [1.807, 2.05) is 0 Å². The number of nitrogens with zero attached hydrogens (tertiary/aromatic N) is 1. The van der Waals surface area contributed by atoms with Crippen LogP contribution in [0.5, 0.6) is 5.75 Å². The summed E-state index contributed by atoms with van der Waals surface area (Å²) >= 11 is 4.02. The van der Waals surface area contributed by atoms with Crippen molar-refractivity contribution in [2.24, 2.45) is 0 Å². The van der Waals surface area contributed by atoms with Gasteiger partial charge in [-0.1, -0.05) is 15.9 Å². The minimum absolute atomic E-state index is 0.164. The third kappa shape index (κ3) is 3.45. The van der Waals surface area contributed by atoms with E-state index in [0.29, 0.717) is 28.0 Å². The summed E-state index contributed by atoms with van der Waals surface area (Å²) in [7, 11) is 1.50. The normalized spacial score (nSPS) is 16.7. The summed E-state index contributed by atoms with van der Waals surface area (Å²) in [6, 6.07) is 5.24. The fourth-order valence-electron chi connectivity index (χ4n) is 1.73. The van der Waals surface area contributed by atoms with Crippen LogP contribution in [0.25, 0.3) is 6.08 Å². The van der Waals surface area contributed by atoms with Crippen LogP contribution < -0.4 is 4.74 Å². The number of ether oxygens (including phenoxy) is 1. The van der Waals surface area contributed by atoms with Gasteiger partial charge in [0.2, 0.25) is 0 Å². The maximum absolute atomic E-state index is 12.0. The summed E-state index contributed by atoms with van der Waals surface area (Å²) in [5.41, 5.74) is 0.618. The number of carboxylic acids is 1. The summed E-state index contributed by atoms with van der Waals surface area (Å²) in [4.78, 5) is 35.2. The quantitative estimate of drug-likeness (QED) is 0.818. The van der Waals surface area contributed by atoms with Gasteiger partial charge in [-0.3, -0.25) is 19.3 Å². The van der Waals surface area contributed by atoms with Gasteiger partial charge >= 0.3 is 5.97 Å². The number of carboxylic acid groups (broad SMARTS) is 1. The molecule has 2 rings (SSSR count). The highest BCUT2D eigenvalue weighted by molar-refractivity contribution is 9.10. The first-order valence-corrected chi connectivity index (χ1v) is 7.34. The van der Waals surface area contributed by atoms with Crippen LogP contribution in [0, 0.1) is 0 Å². The van der Waals surface area contributed by atoms with Crippen molar-refractivity contribution in [2.75, 3.05) is 13.7 Å². The van der Waals surface area contributed by atoms with E-state index in [2.05, 4.69) is 15.9 Å². The number of thioether (sulfide) groups is 1. The Bertz CT molecular complexity index is 658. The Kier molecular flexibility index (Phi) is 4.69. The van der Waals surface area contributed by atoms with Crippen molar-refractivity contribution in [1.29, 1.82) is 0 Å². The van der Waals surface area contributed by atoms with Crippen LogP contribution in [-0.2, 0) is 9.59 Å². The average Bonchev–Trinajstić information content (AvgIpc) is 2.66. The number of rotatable bonds is 4. The van der Waals surface area contributed by atoms with E-state index in [1.165, 1.54) is 13.2 Å². The Balaban J connectivity index is 2.35. The molecule has 0 bridgehead atoms. The first kappa shape index (κ1) is 15.6. The first-order valence-electron chi connectivity index (χ1n) is 5.73. The smallest absolute Gasteiger partial charge is 0.323 e. The predicted molar refractivity (Wildman–Crippen MR) is 81.0 cm³/mol. The summed E-state index contributed by atoms with van der Waals surface area (Å²) < 4.78 is 5.98. The molecule has 0 unspecified atom stereocenters. The molecule has 110 valence electrons. The SMILES string of the molecule is COc1ccc(Br)cc1/C=C1/SC(=O)N(CC(=O)O)C1=O. The van der Waals surface area contributed by atoms with E-state index >= 15 is 0 Å². The van der Waals surface area contributed by atoms with Crippen LogP contribution in [0.1, 0.15) is 5.56 Å². The molecule has 1 N–H and O–H groups in total. The molecule has 0 aromatic heterocycles. The number of halogens is 1. The van der Waals surface area contributed by atoms with E-state index in [9.17, 15) is 14.4 Å². The number of hydrogen-bond donors (Lipinski definition) is 1. The topological polar surface area (TPSA) is 83.9 Å². The number of imide groups is 1. The van der Waals surface area contributed by atoms with Crippen LogP contribution in [0.2, 0.25) is 0 Å². The number of aliphatic carboxylic acids is 1. The lowest BCUT2D eigenvalue weighted by Gasteiger charge is -2.08. The van der Waals surface area contributed by atoms with Gasteiger partial charge in [0.05, 0.1) is 12.0 Å². The molecule has 0 saturated carbocycles. The van der Waals surface area contributed by atoms with Gasteiger partial charge in [-0.05, 0) is 36.0 Å². The number of carbonyl (C=O) groups excluding carboxylic acids is 2. The van der Waals surface area contributed by atoms with E-state index in [-0.39, 0.29) is 4.91 Å². The molecule has 2 amide bonds. The second-order valence-electron chi connectivity index (χ2n) is 4.05. The lowest BCUT2D eigenvalue weighted by Crippen LogP contribution is -2.33. The Morgan fingerprint density at radius 3 is 2.81 bits per heavy atom. The summed E-state index contributed by atoms with van der Waals surface area (Å²) in [6.07, 6.45) is 1.51. The molecule has 21 heavy (non-hydrogen) atoms. The molecule has 0 atom stereocenters. The van der Waals surface area contributed by atoms with Crippen molar-refractivity contribution in [3.63, 3.8) is 0 Å². The average molecular weight is 372 g/mol. The molecule has 1 fully saturated rings. The zero-order valence-corrected chi connectivity index (χ0v) is 13.2. The number of benzene rings is 1. The monoisotopic (exact) mass is 371 g/mol. The molecule has 0 radical (unpaired) electrons. The molecule has 1 saturated heterocycles. The van der Waals surface area contributed by atoms with Crippen LogP contribution in [-0.4, -0.2) is 40.8 Å². The van der Waals surface area contributed by atoms with Crippen molar-refractivity contribution >= 4 is 50.9 Å². The van der Waals surface area contributed by atoms with Gasteiger partial charge in [-0.15, -0.1) is 0 Å². The third-order valence-electron chi connectivity index (χ3n) is 2.65. The highest BCUT2D eigenvalue weighted by Gasteiger charge is 2.36. The molecule has 0 aliphatic carbocycles. The predicted octanol–water partition coefficient (Wildman–Crippen LogP) is 2.58. The number of amides is 2. The molecule has 1 aliphatic rings. The molecular formula is C13H10BrNO5S. The minimum atomic E-state index is -1.24. The standard InChI is InChI=1S/C13H10BrNO5S/c1-20-9-3-2-8(14)4-7(9)5-10-12(18)15(6-11(16)17)13(19)21-10/h2-5H,6H2,1H3,(H,16,17)/b10-5+.